The van der Waals surface area contributed by atoms with Gasteiger partial charge in [-0.1, -0.05) is 0 Å². The van der Waals surface area contributed by atoms with E-state index in [-0.39, 0.29) is 11.4 Å². The average molecular weight is 334 g/mol. The summed E-state index contributed by atoms with van der Waals surface area (Å²) in [5.41, 5.74) is 0.345. The molecule has 0 aromatic carbocycles. The van der Waals surface area contributed by atoms with Gasteiger partial charge < -0.3 is 15.0 Å². The van der Waals surface area contributed by atoms with Crippen LogP contribution in [0.25, 0.3) is 0 Å². The van der Waals surface area contributed by atoms with E-state index < -0.39 is 0 Å². The molecular weight excluding hydrogens is 304 g/mol. The van der Waals surface area contributed by atoms with Crippen LogP contribution in [-0.4, -0.2) is 59.5 Å². The number of nitrogens with one attached hydrogen (secondary N) is 1. The van der Waals surface area contributed by atoms with Crippen molar-refractivity contribution in [1.29, 1.82) is 0 Å². The normalized spacial score (nSPS) is 20.9. The molecule has 24 heavy (non-hydrogen) atoms. The highest BCUT2D eigenvalue weighted by Gasteiger charge is 2.37. The molecule has 1 saturated carbocycles. The van der Waals surface area contributed by atoms with Crippen molar-refractivity contribution in [2.75, 3.05) is 33.4 Å². The van der Waals surface area contributed by atoms with E-state index in [4.69, 9.17) is 4.74 Å². The number of ether oxygens (including phenoxy) is 1. The summed E-state index contributed by atoms with van der Waals surface area (Å²) in [7, 11) is 1.72. The lowest BCUT2D eigenvalue weighted by Crippen LogP contribution is -2.56. The lowest BCUT2D eigenvalue weighted by molar-refractivity contribution is 0.0691. The van der Waals surface area contributed by atoms with E-state index in [2.05, 4.69) is 15.3 Å². The summed E-state index contributed by atoms with van der Waals surface area (Å²) in [5.74, 6) is 0.859. The predicted molar refractivity (Wildman–Crippen MR) is 93.0 cm³/mol. The maximum atomic E-state index is 12.6. The third kappa shape index (κ3) is 4.36. The van der Waals surface area contributed by atoms with Crippen LogP contribution >= 0.6 is 0 Å². The molecule has 1 aliphatic heterocycles. The van der Waals surface area contributed by atoms with Gasteiger partial charge in [0.25, 0.3) is 5.91 Å². The van der Waals surface area contributed by atoms with Gasteiger partial charge in [0, 0.05) is 51.6 Å². The van der Waals surface area contributed by atoms with Crippen molar-refractivity contribution in [3.8, 4) is 0 Å². The van der Waals surface area contributed by atoms with Crippen molar-refractivity contribution in [2.45, 2.75) is 51.1 Å². The van der Waals surface area contributed by atoms with Gasteiger partial charge in [-0.2, -0.15) is 5.10 Å². The highest BCUT2D eigenvalue weighted by Crippen LogP contribution is 2.33. The second kappa shape index (κ2) is 7.66. The van der Waals surface area contributed by atoms with E-state index in [1.165, 1.54) is 19.4 Å². The Morgan fingerprint density at radius 3 is 2.75 bits per heavy atom. The molecule has 6 nitrogen and oxygen atoms in total. The van der Waals surface area contributed by atoms with Gasteiger partial charge in [-0.3, -0.25) is 9.48 Å². The maximum Gasteiger partial charge on any atom is 0.272 e. The molecule has 3 rings (SSSR count). The lowest BCUT2D eigenvalue weighted by atomic mass is 9.84. The molecule has 2 heterocycles. The van der Waals surface area contributed by atoms with E-state index >= 15 is 0 Å². The van der Waals surface area contributed by atoms with Crippen LogP contribution in [0.15, 0.2) is 12.3 Å². The van der Waals surface area contributed by atoms with Crippen LogP contribution in [0.5, 0.6) is 0 Å². The minimum Gasteiger partial charge on any atom is -0.385 e. The lowest BCUT2D eigenvalue weighted by Gasteiger charge is -2.42. The van der Waals surface area contributed by atoms with E-state index in [0.717, 1.165) is 44.8 Å². The van der Waals surface area contributed by atoms with Gasteiger partial charge in [0.15, 0.2) is 0 Å². The van der Waals surface area contributed by atoms with Crippen LogP contribution in [0, 0.1) is 5.92 Å². The first-order valence-corrected chi connectivity index (χ1v) is 9.21. The Morgan fingerprint density at radius 1 is 1.42 bits per heavy atom. The van der Waals surface area contributed by atoms with Crippen LogP contribution in [0.3, 0.4) is 0 Å². The first kappa shape index (κ1) is 17.4. The van der Waals surface area contributed by atoms with Gasteiger partial charge in [0.05, 0.1) is 0 Å². The summed E-state index contributed by atoms with van der Waals surface area (Å²) < 4.78 is 7.08. The molecule has 0 bridgehead atoms. The van der Waals surface area contributed by atoms with Crippen LogP contribution in [0.1, 0.15) is 49.5 Å². The average Bonchev–Trinajstić information content (AvgIpc) is 3.27. The number of carbonyl (C=O) groups is 1. The number of carbonyl (C=O) groups excluding carboxylic acids is 1. The number of hydrogen-bond acceptors (Lipinski definition) is 4. The first-order chi connectivity index (χ1) is 11.6. The zero-order valence-electron chi connectivity index (χ0n) is 15.0. The number of rotatable bonds is 8. The Bertz CT molecular complexity index is 545. The molecule has 2 aliphatic rings. The fourth-order valence-corrected chi connectivity index (χ4v) is 3.53. The Balaban J connectivity index is 1.61. The van der Waals surface area contributed by atoms with E-state index in [9.17, 15) is 4.79 Å². The number of methoxy groups -OCH3 is 1. The van der Waals surface area contributed by atoms with Gasteiger partial charge in [-0.15, -0.1) is 0 Å². The van der Waals surface area contributed by atoms with Gasteiger partial charge in [-0.25, -0.2) is 0 Å². The zero-order chi connectivity index (χ0) is 17.0. The monoisotopic (exact) mass is 334 g/mol. The highest BCUT2D eigenvalue weighted by molar-refractivity contribution is 5.92. The fraction of sp³-hybridized carbons (Fsp3) is 0.778. The quantitative estimate of drug-likeness (QED) is 0.789. The van der Waals surface area contributed by atoms with Crippen molar-refractivity contribution < 1.29 is 9.53 Å². The molecule has 0 unspecified atom stereocenters. The van der Waals surface area contributed by atoms with Crippen LogP contribution in [-0.2, 0) is 11.3 Å². The molecule has 0 spiro atoms. The number of nitrogens with zero attached hydrogens (tertiary/aromatic N) is 3. The number of aromatic nitrogens is 2. The smallest absolute Gasteiger partial charge is 0.272 e. The molecule has 1 aliphatic carbocycles. The highest BCUT2D eigenvalue weighted by atomic mass is 16.5. The molecule has 134 valence electrons. The molecule has 6 heteroatoms. The summed E-state index contributed by atoms with van der Waals surface area (Å²) in [6.45, 7) is 6.82. The summed E-state index contributed by atoms with van der Waals surface area (Å²) >= 11 is 0. The van der Waals surface area contributed by atoms with Crippen molar-refractivity contribution in [3.63, 3.8) is 0 Å². The summed E-state index contributed by atoms with van der Waals surface area (Å²) in [4.78, 5) is 15.2. The number of likely N-dealkylation sites (tertiary alicyclic amines) is 1. The third-order valence-electron chi connectivity index (χ3n) is 5.39. The molecule has 0 radical (unpaired) electrons. The third-order valence-corrected chi connectivity index (χ3v) is 5.39. The van der Waals surface area contributed by atoms with E-state index in [0.29, 0.717) is 12.3 Å². The standard InChI is InChI=1S/C18H30N4O2/c1-3-22-10-6-16(20-22)17(23)19-18(9-13-24-2)7-11-21(12-8-18)14-15-4-5-15/h6,10,15H,3-5,7-9,11-14H2,1-2H3,(H,19,23). The topological polar surface area (TPSA) is 59.4 Å². The largest absolute Gasteiger partial charge is 0.385 e. The maximum absolute atomic E-state index is 12.6. The minimum absolute atomic E-state index is 0.0612. The van der Waals surface area contributed by atoms with Crippen molar-refractivity contribution in [3.05, 3.63) is 18.0 Å². The number of piperidine rings is 1. The molecule has 1 saturated heterocycles. The van der Waals surface area contributed by atoms with E-state index in [1.54, 1.807) is 17.9 Å². The van der Waals surface area contributed by atoms with Crippen molar-refractivity contribution in [1.82, 2.24) is 20.0 Å². The summed E-state index contributed by atoms with van der Waals surface area (Å²) in [5, 5.41) is 7.62. The Kier molecular flexibility index (Phi) is 5.56. The Morgan fingerprint density at radius 2 is 2.17 bits per heavy atom. The fourth-order valence-electron chi connectivity index (χ4n) is 3.53. The second-order valence-electron chi connectivity index (χ2n) is 7.28. The molecule has 1 N–H and O–H groups in total. The van der Waals surface area contributed by atoms with Crippen LogP contribution in [0.4, 0.5) is 0 Å². The number of aryl methyl sites for hydroxylation is 1. The van der Waals surface area contributed by atoms with E-state index in [1.807, 2.05) is 13.1 Å². The second-order valence-corrected chi connectivity index (χ2v) is 7.28. The number of amides is 1. The minimum atomic E-state index is -0.164. The summed E-state index contributed by atoms with van der Waals surface area (Å²) in [6, 6.07) is 1.80. The molecule has 0 atom stereocenters. The van der Waals surface area contributed by atoms with Crippen LogP contribution in [0.2, 0.25) is 0 Å². The van der Waals surface area contributed by atoms with Gasteiger partial charge >= 0.3 is 0 Å². The molecule has 1 aromatic rings. The van der Waals surface area contributed by atoms with Crippen molar-refractivity contribution in [2.24, 2.45) is 5.92 Å². The molecule has 1 amide bonds. The Labute approximate surface area is 144 Å². The van der Waals surface area contributed by atoms with Gasteiger partial charge in [0.1, 0.15) is 5.69 Å². The zero-order valence-corrected chi connectivity index (χ0v) is 15.0. The predicted octanol–water partition coefficient (Wildman–Crippen LogP) is 1.91. The van der Waals surface area contributed by atoms with Gasteiger partial charge in [-0.05, 0) is 51.0 Å². The molecular formula is C18H30N4O2. The van der Waals surface area contributed by atoms with Crippen LogP contribution < -0.4 is 5.32 Å². The first-order valence-electron chi connectivity index (χ1n) is 9.21. The molecule has 2 fully saturated rings. The van der Waals surface area contributed by atoms with Crippen molar-refractivity contribution >= 4 is 5.91 Å². The molecule has 1 aromatic heterocycles. The SMILES string of the molecule is CCn1ccc(C(=O)NC2(CCOC)CCN(CC3CC3)CC2)n1. The summed E-state index contributed by atoms with van der Waals surface area (Å²) in [6.07, 6.45) is 7.48. The Hall–Kier alpha value is -1.40. The van der Waals surface area contributed by atoms with Gasteiger partial charge in [0.2, 0.25) is 0 Å². The number of hydrogen-bond donors (Lipinski definition) is 1.